The number of likely N-dealkylation sites (N-methyl/N-ethyl adjacent to an activating group) is 1. The maximum atomic E-state index is 12.5. The summed E-state index contributed by atoms with van der Waals surface area (Å²) in [4.78, 5) is 26.3. The number of aryl methyl sites for hydroxylation is 2. The largest absolute Gasteiger partial charge is 0.464 e. The van der Waals surface area contributed by atoms with Crippen LogP contribution in [0.4, 0.5) is 5.69 Å². The van der Waals surface area contributed by atoms with Crippen LogP contribution in [0.3, 0.4) is 0 Å². The van der Waals surface area contributed by atoms with E-state index in [2.05, 4.69) is 0 Å². The van der Waals surface area contributed by atoms with Gasteiger partial charge in [0.05, 0.1) is 12.7 Å². The molecule has 0 aliphatic carbocycles. The molecule has 27 heavy (non-hydrogen) atoms. The number of carbonyl (C=O) groups excluding carboxylic acids is 2. The van der Waals surface area contributed by atoms with Gasteiger partial charge in [0.25, 0.3) is 5.91 Å². The molecule has 0 saturated carbocycles. The maximum absolute atomic E-state index is 12.5. The molecular weight excluding hydrogens is 342 g/mol. The maximum Gasteiger partial charge on any atom is 0.311 e. The lowest BCUT2D eigenvalue weighted by Crippen LogP contribution is -2.37. The third kappa shape index (κ3) is 3.87. The minimum Gasteiger partial charge on any atom is -0.464 e. The molecule has 1 heterocycles. The van der Waals surface area contributed by atoms with Crippen LogP contribution < -0.4 is 4.90 Å². The van der Waals surface area contributed by atoms with Gasteiger partial charge in [-0.3, -0.25) is 9.59 Å². The second-order valence-corrected chi connectivity index (χ2v) is 6.69. The van der Waals surface area contributed by atoms with Gasteiger partial charge in [-0.2, -0.15) is 0 Å². The number of hydrogen-bond donors (Lipinski definition) is 0. The lowest BCUT2D eigenvalue weighted by Gasteiger charge is -2.21. The Morgan fingerprint density at radius 1 is 1.11 bits per heavy atom. The van der Waals surface area contributed by atoms with Gasteiger partial charge < -0.3 is 14.1 Å². The smallest absolute Gasteiger partial charge is 0.311 e. The summed E-state index contributed by atoms with van der Waals surface area (Å²) in [5, 5.41) is 0.899. The molecule has 1 amide bonds. The van der Waals surface area contributed by atoms with Crippen molar-refractivity contribution in [3.8, 4) is 0 Å². The quantitative estimate of drug-likeness (QED) is 0.636. The summed E-state index contributed by atoms with van der Waals surface area (Å²) in [5.74, 6) is -0.740. The number of benzene rings is 2. The fourth-order valence-corrected chi connectivity index (χ4v) is 3.02. The van der Waals surface area contributed by atoms with Crippen LogP contribution in [0.1, 0.15) is 23.6 Å². The van der Waals surface area contributed by atoms with Crippen LogP contribution in [-0.2, 0) is 20.7 Å². The third-order valence-electron chi connectivity index (χ3n) is 4.81. The Balaban J connectivity index is 1.67. The van der Waals surface area contributed by atoms with Gasteiger partial charge in [0.2, 0.25) is 0 Å². The summed E-state index contributed by atoms with van der Waals surface area (Å²) >= 11 is 0. The fraction of sp³-hybridized carbons (Fsp3) is 0.273. The van der Waals surface area contributed by atoms with E-state index in [1.54, 1.807) is 20.2 Å². The highest BCUT2D eigenvalue weighted by Gasteiger charge is 2.23. The first-order valence-electron chi connectivity index (χ1n) is 8.87. The summed E-state index contributed by atoms with van der Waals surface area (Å²) in [6, 6.07) is 13.2. The molecule has 0 unspecified atom stereocenters. The van der Waals surface area contributed by atoms with Crippen molar-refractivity contribution in [3.63, 3.8) is 0 Å². The number of furan rings is 1. The van der Waals surface area contributed by atoms with Gasteiger partial charge in [-0.05, 0) is 44.0 Å². The zero-order valence-corrected chi connectivity index (χ0v) is 16.0. The number of carbonyl (C=O) groups is 2. The van der Waals surface area contributed by atoms with E-state index >= 15 is 0 Å². The zero-order valence-electron chi connectivity index (χ0n) is 16.0. The Hall–Kier alpha value is -3.08. The van der Waals surface area contributed by atoms with Crippen molar-refractivity contribution in [3.05, 3.63) is 65.4 Å². The fourth-order valence-electron chi connectivity index (χ4n) is 3.02. The first kappa shape index (κ1) is 18.7. The number of rotatable bonds is 5. The van der Waals surface area contributed by atoms with Gasteiger partial charge >= 0.3 is 5.97 Å². The van der Waals surface area contributed by atoms with Crippen molar-refractivity contribution in [1.29, 1.82) is 0 Å². The molecule has 0 fully saturated rings. The first-order chi connectivity index (χ1) is 12.9. The lowest BCUT2D eigenvalue weighted by atomic mass is 10.0. The number of hydrogen-bond acceptors (Lipinski definition) is 4. The third-order valence-corrected chi connectivity index (χ3v) is 4.81. The molecular formula is C22H23NO4. The summed E-state index contributed by atoms with van der Waals surface area (Å²) in [6.07, 6.45) is 0.771. The average Bonchev–Trinajstić information content (AvgIpc) is 3.07. The van der Waals surface area contributed by atoms with Crippen LogP contribution in [0.25, 0.3) is 11.0 Å². The Bertz CT molecular complexity index is 975. The summed E-state index contributed by atoms with van der Waals surface area (Å²) in [5.41, 5.74) is 4.48. The predicted octanol–water partition coefficient (Wildman–Crippen LogP) is 4.19. The van der Waals surface area contributed by atoms with E-state index in [0.717, 1.165) is 33.3 Å². The van der Waals surface area contributed by atoms with Gasteiger partial charge in [0.15, 0.2) is 6.10 Å². The minimum atomic E-state index is -0.871. The zero-order chi connectivity index (χ0) is 19.6. The van der Waals surface area contributed by atoms with E-state index in [9.17, 15) is 9.59 Å². The second-order valence-electron chi connectivity index (χ2n) is 6.69. The SMILES string of the molecule is Cc1ccc2c(CC(=O)O[C@H](C)C(=O)N(C)c3ccccc3)coc2c1C. The normalized spacial score (nSPS) is 12.0. The van der Waals surface area contributed by atoms with Crippen LogP contribution in [0.15, 0.2) is 53.1 Å². The van der Waals surface area contributed by atoms with Crippen molar-refractivity contribution >= 4 is 28.5 Å². The van der Waals surface area contributed by atoms with Crippen molar-refractivity contribution in [2.45, 2.75) is 33.3 Å². The topological polar surface area (TPSA) is 59.8 Å². The number of para-hydroxylation sites is 1. The van der Waals surface area contributed by atoms with Crippen molar-refractivity contribution in [2.75, 3.05) is 11.9 Å². The Morgan fingerprint density at radius 3 is 2.52 bits per heavy atom. The molecule has 0 radical (unpaired) electrons. The van der Waals surface area contributed by atoms with Crippen LogP contribution in [0, 0.1) is 13.8 Å². The van der Waals surface area contributed by atoms with Crippen molar-refractivity contribution in [2.24, 2.45) is 0 Å². The van der Waals surface area contributed by atoms with E-state index in [1.165, 1.54) is 4.90 Å². The minimum absolute atomic E-state index is 0.0577. The number of fused-ring (bicyclic) bond motifs is 1. The van der Waals surface area contributed by atoms with Gasteiger partial charge in [-0.1, -0.05) is 30.3 Å². The highest BCUT2D eigenvalue weighted by molar-refractivity contribution is 5.97. The summed E-state index contributed by atoms with van der Waals surface area (Å²) in [6.45, 7) is 5.59. The molecule has 0 bridgehead atoms. The molecule has 5 heteroatoms. The van der Waals surface area contributed by atoms with Crippen LogP contribution >= 0.6 is 0 Å². The van der Waals surface area contributed by atoms with Crippen LogP contribution in [-0.4, -0.2) is 25.0 Å². The molecule has 0 aliphatic heterocycles. The number of nitrogens with zero attached hydrogens (tertiary/aromatic N) is 1. The monoisotopic (exact) mass is 365 g/mol. The van der Waals surface area contributed by atoms with Crippen molar-refractivity contribution < 1.29 is 18.7 Å². The Labute approximate surface area is 158 Å². The standard InChI is InChI=1S/C22H23NO4/c1-14-10-11-19-17(13-26-21(19)15(14)2)12-20(24)27-16(3)22(25)23(4)18-8-6-5-7-9-18/h5-11,13,16H,12H2,1-4H3/t16-/m1/s1. The molecule has 0 saturated heterocycles. The molecule has 3 aromatic rings. The van der Waals surface area contributed by atoms with E-state index in [1.807, 2.05) is 56.3 Å². The van der Waals surface area contributed by atoms with Crippen LogP contribution in [0.2, 0.25) is 0 Å². The number of ether oxygens (including phenoxy) is 1. The highest BCUT2D eigenvalue weighted by atomic mass is 16.5. The van der Waals surface area contributed by atoms with Crippen molar-refractivity contribution in [1.82, 2.24) is 0 Å². The summed E-state index contributed by atoms with van der Waals surface area (Å²) < 4.78 is 11.0. The number of amides is 1. The van der Waals surface area contributed by atoms with Gasteiger partial charge in [0.1, 0.15) is 5.58 Å². The first-order valence-corrected chi connectivity index (χ1v) is 8.87. The number of anilines is 1. The molecule has 5 nitrogen and oxygen atoms in total. The second kappa shape index (κ2) is 7.66. The molecule has 1 aromatic heterocycles. The number of esters is 1. The Kier molecular flexibility index (Phi) is 5.31. The lowest BCUT2D eigenvalue weighted by molar-refractivity contribution is -0.153. The average molecular weight is 365 g/mol. The van der Waals surface area contributed by atoms with E-state index in [-0.39, 0.29) is 12.3 Å². The molecule has 0 spiro atoms. The van der Waals surface area contributed by atoms with E-state index < -0.39 is 12.1 Å². The Morgan fingerprint density at radius 2 is 1.81 bits per heavy atom. The van der Waals surface area contributed by atoms with E-state index in [0.29, 0.717) is 0 Å². The van der Waals surface area contributed by atoms with Gasteiger partial charge in [-0.15, -0.1) is 0 Å². The molecule has 3 rings (SSSR count). The van der Waals surface area contributed by atoms with Crippen LogP contribution in [0.5, 0.6) is 0 Å². The summed E-state index contributed by atoms with van der Waals surface area (Å²) in [7, 11) is 1.66. The van der Waals surface area contributed by atoms with E-state index in [4.69, 9.17) is 9.15 Å². The molecule has 1 atom stereocenters. The molecule has 0 aliphatic rings. The molecule has 0 N–H and O–H groups in total. The molecule has 2 aromatic carbocycles. The predicted molar refractivity (Wildman–Crippen MR) is 105 cm³/mol. The van der Waals surface area contributed by atoms with Gasteiger partial charge in [0, 0.05) is 23.7 Å². The highest BCUT2D eigenvalue weighted by Crippen LogP contribution is 2.27. The molecule has 140 valence electrons. The van der Waals surface area contributed by atoms with Gasteiger partial charge in [-0.25, -0.2) is 0 Å².